The molecule has 1 N–H and O–H groups in total. The molecule has 0 bridgehead atoms. The first-order valence-corrected chi connectivity index (χ1v) is 6.36. The lowest BCUT2D eigenvalue weighted by Gasteiger charge is -2.19. The van der Waals surface area contributed by atoms with Gasteiger partial charge in [-0.25, -0.2) is 4.79 Å². The van der Waals surface area contributed by atoms with Crippen molar-refractivity contribution >= 4 is 35.2 Å². The maximum absolute atomic E-state index is 12.0. The van der Waals surface area contributed by atoms with E-state index in [0.717, 1.165) is 0 Å². The minimum atomic E-state index is -0.995. The van der Waals surface area contributed by atoms with Crippen LogP contribution >= 0.6 is 23.4 Å². The topological polar surface area (TPSA) is 70.5 Å². The predicted molar refractivity (Wildman–Crippen MR) is 64.2 cm³/mol. The number of carboxylic acid groups (broad SMARTS) is 1. The largest absolute Gasteiger partial charge is 0.480 e. The van der Waals surface area contributed by atoms with Crippen LogP contribution in [0.15, 0.2) is 18.3 Å². The predicted octanol–water partition coefficient (Wildman–Crippen LogP) is 1.33. The number of carbonyl (C=O) groups is 2. The van der Waals surface area contributed by atoms with Gasteiger partial charge in [-0.3, -0.25) is 9.78 Å². The Hall–Kier alpha value is -1.27. The van der Waals surface area contributed by atoms with E-state index in [1.807, 2.05) is 0 Å². The van der Waals surface area contributed by atoms with E-state index in [4.69, 9.17) is 16.7 Å². The Labute approximate surface area is 107 Å². The van der Waals surface area contributed by atoms with Gasteiger partial charge in [0.25, 0.3) is 5.91 Å². The van der Waals surface area contributed by atoms with Gasteiger partial charge in [0.2, 0.25) is 0 Å². The van der Waals surface area contributed by atoms with Crippen molar-refractivity contribution in [2.75, 3.05) is 11.6 Å². The number of pyridine rings is 1. The van der Waals surface area contributed by atoms with Gasteiger partial charge in [-0.05, 0) is 12.1 Å². The zero-order valence-corrected chi connectivity index (χ0v) is 10.2. The number of aliphatic carboxylic acids is 1. The van der Waals surface area contributed by atoms with Gasteiger partial charge in [0.05, 0.1) is 5.88 Å². The fourth-order valence-corrected chi connectivity index (χ4v) is 2.82. The van der Waals surface area contributed by atoms with Crippen molar-refractivity contribution in [3.63, 3.8) is 0 Å². The minimum Gasteiger partial charge on any atom is -0.480 e. The highest BCUT2D eigenvalue weighted by Crippen LogP contribution is 2.23. The standard InChI is InChI=1S/C10H9ClN2O3S/c11-6-1-2-12-7(3-6)9(14)13-5-17-4-8(13)10(15)16/h1-3,8H,4-5H2,(H,15,16). The van der Waals surface area contributed by atoms with Crippen molar-refractivity contribution in [1.29, 1.82) is 0 Å². The molecule has 1 atom stereocenters. The number of carbonyl (C=O) groups excluding carboxylic acids is 1. The summed E-state index contributed by atoms with van der Waals surface area (Å²) >= 11 is 7.17. The average Bonchev–Trinajstić information content (AvgIpc) is 2.77. The molecular formula is C10H9ClN2O3S. The number of halogens is 1. The van der Waals surface area contributed by atoms with E-state index in [1.165, 1.54) is 28.9 Å². The van der Waals surface area contributed by atoms with E-state index in [2.05, 4.69) is 4.98 Å². The van der Waals surface area contributed by atoms with E-state index < -0.39 is 17.9 Å². The third-order valence-corrected chi connectivity index (χ3v) is 3.62. The highest BCUT2D eigenvalue weighted by molar-refractivity contribution is 7.99. The van der Waals surface area contributed by atoms with Crippen molar-refractivity contribution in [2.45, 2.75) is 6.04 Å². The molecule has 1 aromatic rings. The second kappa shape index (κ2) is 4.93. The van der Waals surface area contributed by atoms with E-state index in [-0.39, 0.29) is 5.69 Å². The van der Waals surface area contributed by atoms with Gasteiger partial charge in [-0.1, -0.05) is 11.6 Å². The number of hydrogen-bond acceptors (Lipinski definition) is 4. The van der Waals surface area contributed by atoms with E-state index in [9.17, 15) is 9.59 Å². The molecule has 0 saturated carbocycles. The van der Waals surface area contributed by atoms with Crippen molar-refractivity contribution in [1.82, 2.24) is 9.88 Å². The molecule has 1 aromatic heterocycles. The fourth-order valence-electron chi connectivity index (χ4n) is 1.52. The summed E-state index contributed by atoms with van der Waals surface area (Å²) in [5, 5.41) is 9.39. The van der Waals surface area contributed by atoms with E-state index in [1.54, 1.807) is 6.07 Å². The number of aromatic nitrogens is 1. The Kier molecular flexibility index (Phi) is 3.54. The quantitative estimate of drug-likeness (QED) is 0.880. The third kappa shape index (κ3) is 2.53. The van der Waals surface area contributed by atoms with E-state index in [0.29, 0.717) is 16.7 Å². The maximum Gasteiger partial charge on any atom is 0.327 e. The molecule has 0 radical (unpaired) electrons. The lowest BCUT2D eigenvalue weighted by Crippen LogP contribution is -2.42. The van der Waals surface area contributed by atoms with E-state index >= 15 is 0 Å². The molecule has 17 heavy (non-hydrogen) atoms. The first-order chi connectivity index (χ1) is 8.09. The molecule has 1 aliphatic heterocycles. The summed E-state index contributed by atoms with van der Waals surface area (Å²) in [6.07, 6.45) is 1.43. The highest BCUT2D eigenvalue weighted by atomic mass is 35.5. The van der Waals surface area contributed by atoms with Gasteiger partial charge < -0.3 is 10.0 Å². The molecule has 1 amide bonds. The second-order valence-electron chi connectivity index (χ2n) is 3.49. The molecule has 2 rings (SSSR count). The summed E-state index contributed by atoms with van der Waals surface area (Å²) in [5.41, 5.74) is 0.172. The molecule has 0 spiro atoms. The van der Waals surface area contributed by atoms with Crippen LogP contribution in [-0.2, 0) is 4.79 Å². The molecule has 0 aliphatic carbocycles. The normalized spacial score (nSPS) is 19.4. The SMILES string of the molecule is O=C(O)C1CSCN1C(=O)c1cc(Cl)ccn1. The Balaban J connectivity index is 2.23. The molecule has 1 unspecified atom stereocenters. The average molecular weight is 273 g/mol. The zero-order valence-electron chi connectivity index (χ0n) is 8.67. The lowest BCUT2D eigenvalue weighted by molar-refractivity contribution is -0.140. The van der Waals surface area contributed by atoms with Crippen molar-refractivity contribution in [2.24, 2.45) is 0 Å². The van der Waals surface area contributed by atoms with Gasteiger partial charge >= 0.3 is 5.97 Å². The molecule has 1 saturated heterocycles. The van der Waals surface area contributed by atoms with Crippen LogP contribution in [0.25, 0.3) is 0 Å². The van der Waals surface area contributed by atoms with Gasteiger partial charge in [-0.15, -0.1) is 11.8 Å². The van der Waals surface area contributed by atoms with Crippen LogP contribution in [0, 0.1) is 0 Å². The first kappa shape index (κ1) is 12.2. The number of hydrogen-bond donors (Lipinski definition) is 1. The highest BCUT2D eigenvalue weighted by Gasteiger charge is 2.35. The number of nitrogens with zero attached hydrogens (tertiary/aromatic N) is 2. The molecule has 7 heteroatoms. The Morgan fingerprint density at radius 2 is 2.35 bits per heavy atom. The monoisotopic (exact) mass is 272 g/mol. The van der Waals surface area contributed by atoms with Crippen LogP contribution < -0.4 is 0 Å². The van der Waals surface area contributed by atoms with Crippen molar-refractivity contribution < 1.29 is 14.7 Å². The van der Waals surface area contributed by atoms with Crippen LogP contribution in [-0.4, -0.2) is 44.5 Å². The third-order valence-electron chi connectivity index (χ3n) is 2.37. The maximum atomic E-state index is 12.0. The summed E-state index contributed by atoms with van der Waals surface area (Å²) < 4.78 is 0. The Morgan fingerprint density at radius 3 is 3.00 bits per heavy atom. The second-order valence-corrected chi connectivity index (χ2v) is 4.92. The van der Waals surface area contributed by atoms with Crippen LogP contribution in [0.4, 0.5) is 0 Å². The van der Waals surface area contributed by atoms with Crippen molar-refractivity contribution in [3.8, 4) is 0 Å². The molecule has 1 aliphatic rings. The minimum absolute atomic E-state index is 0.172. The lowest BCUT2D eigenvalue weighted by atomic mass is 10.2. The van der Waals surface area contributed by atoms with Crippen LogP contribution in [0.2, 0.25) is 5.02 Å². The molecule has 0 aromatic carbocycles. The molecule has 90 valence electrons. The summed E-state index contributed by atoms with van der Waals surface area (Å²) in [5.74, 6) is -0.624. The zero-order chi connectivity index (χ0) is 12.4. The Bertz CT molecular complexity index is 469. The first-order valence-electron chi connectivity index (χ1n) is 4.82. The molecule has 5 nitrogen and oxygen atoms in total. The number of thioether (sulfide) groups is 1. The van der Waals surface area contributed by atoms with Gasteiger partial charge in [0, 0.05) is 17.0 Å². The molecule has 2 heterocycles. The molecular weight excluding hydrogens is 264 g/mol. The Morgan fingerprint density at radius 1 is 1.59 bits per heavy atom. The fraction of sp³-hybridized carbons (Fsp3) is 0.300. The van der Waals surface area contributed by atoms with Gasteiger partial charge in [-0.2, -0.15) is 0 Å². The van der Waals surface area contributed by atoms with Gasteiger partial charge in [0.1, 0.15) is 11.7 Å². The molecule has 1 fully saturated rings. The summed E-state index contributed by atoms with van der Waals surface area (Å²) in [6.45, 7) is 0. The smallest absolute Gasteiger partial charge is 0.327 e. The van der Waals surface area contributed by atoms with Crippen molar-refractivity contribution in [3.05, 3.63) is 29.0 Å². The van der Waals surface area contributed by atoms with Crippen LogP contribution in [0.1, 0.15) is 10.5 Å². The number of rotatable bonds is 2. The number of carboxylic acids is 1. The van der Waals surface area contributed by atoms with Crippen LogP contribution in [0.5, 0.6) is 0 Å². The van der Waals surface area contributed by atoms with Gasteiger partial charge in [0.15, 0.2) is 0 Å². The summed E-state index contributed by atoms with van der Waals surface area (Å²) in [7, 11) is 0. The van der Waals surface area contributed by atoms with Crippen LogP contribution in [0.3, 0.4) is 0 Å². The number of amides is 1. The summed E-state index contributed by atoms with van der Waals surface area (Å²) in [4.78, 5) is 28.2. The summed E-state index contributed by atoms with van der Waals surface area (Å²) in [6, 6.07) is 2.21.